The number of anilines is 2. The number of alkyl halides is 3. The largest absolute Gasteiger partial charge is 0.484 e. The van der Waals surface area contributed by atoms with E-state index >= 15 is 0 Å². The van der Waals surface area contributed by atoms with E-state index in [1.807, 2.05) is 0 Å². The maximum absolute atomic E-state index is 13.7. The molecule has 2 aliphatic rings. The first kappa shape index (κ1) is 27.8. The van der Waals surface area contributed by atoms with E-state index < -0.39 is 51.3 Å². The molecule has 1 saturated carbocycles. The van der Waals surface area contributed by atoms with Crippen molar-refractivity contribution < 1.29 is 45.0 Å². The van der Waals surface area contributed by atoms with Crippen LogP contribution in [0.25, 0.3) is 0 Å². The Labute approximate surface area is 220 Å². The van der Waals surface area contributed by atoms with Gasteiger partial charge in [-0.25, -0.2) is 17.6 Å². The Morgan fingerprint density at radius 1 is 1.21 bits per heavy atom. The van der Waals surface area contributed by atoms with Crippen molar-refractivity contribution >= 4 is 45.0 Å². The molecule has 0 unspecified atom stereocenters. The molecule has 15 heteroatoms. The fourth-order valence-electron chi connectivity index (χ4n) is 3.76. The summed E-state index contributed by atoms with van der Waals surface area (Å²) in [6.45, 7) is 0.139. The fourth-order valence-corrected chi connectivity index (χ4v) is 5.53. The number of carbonyl (C=O) groups excluding carboxylic acids is 2. The van der Waals surface area contributed by atoms with Gasteiger partial charge in [-0.2, -0.15) is 13.2 Å². The number of nitrogens with zero attached hydrogens (tertiary/aromatic N) is 1. The van der Waals surface area contributed by atoms with E-state index in [9.17, 15) is 35.6 Å². The monoisotopic (exact) mass is 579 g/mol. The van der Waals surface area contributed by atoms with Gasteiger partial charge in [-0.1, -0.05) is 11.6 Å². The highest BCUT2D eigenvalue weighted by atomic mass is 35.5. The van der Waals surface area contributed by atoms with Crippen LogP contribution >= 0.6 is 11.6 Å². The van der Waals surface area contributed by atoms with Crippen LogP contribution in [-0.2, 0) is 19.6 Å². The molecule has 4 rings (SSSR count). The van der Waals surface area contributed by atoms with Crippen molar-refractivity contribution in [1.29, 1.82) is 0 Å². The summed E-state index contributed by atoms with van der Waals surface area (Å²) in [5.74, 6) is -1.10. The van der Waals surface area contributed by atoms with Crippen molar-refractivity contribution in [3.63, 3.8) is 0 Å². The maximum atomic E-state index is 13.7. The smallest absolute Gasteiger partial charge is 0.411 e. The number of fused-ring (bicyclic) bond motifs is 1. The second-order valence-electron chi connectivity index (χ2n) is 8.95. The van der Waals surface area contributed by atoms with Crippen molar-refractivity contribution in [2.45, 2.75) is 36.9 Å². The number of ether oxygens (including phenoxy) is 2. The maximum Gasteiger partial charge on any atom is 0.411 e. The Morgan fingerprint density at radius 3 is 2.53 bits per heavy atom. The molecule has 2 aromatic carbocycles. The number of carbonyl (C=O) groups is 2. The predicted octanol–water partition coefficient (Wildman–Crippen LogP) is 4.46. The molecule has 0 spiro atoms. The zero-order valence-corrected chi connectivity index (χ0v) is 21.3. The van der Waals surface area contributed by atoms with Crippen LogP contribution in [0, 0.1) is 11.2 Å². The summed E-state index contributed by atoms with van der Waals surface area (Å²) in [5, 5.41) is 4.42. The first-order valence-electron chi connectivity index (χ1n) is 11.3. The molecule has 2 amide bonds. The van der Waals surface area contributed by atoms with Crippen LogP contribution in [0.1, 0.15) is 19.8 Å². The number of sulfonamides is 1. The van der Waals surface area contributed by atoms with E-state index in [-0.39, 0.29) is 53.9 Å². The lowest BCUT2D eigenvalue weighted by Gasteiger charge is -2.35. The molecule has 206 valence electrons. The van der Waals surface area contributed by atoms with Crippen LogP contribution in [-0.4, -0.2) is 52.4 Å². The van der Waals surface area contributed by atoms with Gasteiger partial charge in [0.25, 0.3) is 10.0 Å². The third-order valence-electron chi connectivity index (χ3n) is 6.13. The normalized spacial score (nSPS) is 18.2. The number of nitrogens with one attached hydrogen (secondary N) is 2. The lowest BCUT2D eigenvalue weighted by Crippen LogP contribution is -2.48. The molecule has 0 saturated heterocycles. The quantitative estimate of drug-likeness (QED) is 0.468. The molecule has 1 fully saturated rings. The molecule has 0 aromatic heterocycles. The summed E-state index contributed by atoms with van der Waals surface area (Å²) in [4.78, 5) is 23.2. The van der Waals surface area contributed by atoms with Crippen LogP contribution in [0.3, 0.4) is 0 Å². The first-order valence-corrected chi connectivity index (χ1v) is 13.1. The minimum Gasteiger partial charge on any atom is -0.484 e. The van der Waals surface area contributed by atoms with Gasteiger partial charge < -0.3 is 14.8 Å². The number of hydrogen-bond donors (Lipinski definition) is 2. The Hall–Kier alpha value is -3.26. The molecule has 1 heterocycles. The van der Waals surface area contributed by atoms with Gasteiger partial charge >= 0.3 is 12.3 Å². The second-order valence-corrected chi connectivity index (χ2v) is 11.2. The number of amides is 2. The average Bonchev–Trinajstić information content (AvgIpc) is 3.64. The van der Waals surface area contributed by atoms with Crippen LogP contribution in [0.15, 0.2) is 41.3 Å². The Kier molecular flexibility index (Phi) is 7.40. The lowest BCUT2D eigenvalue weighted by molar-refractivity contribution is -0.196. The molecule has 9 nitrogen and oxygen atoms in total. The van der Waals surface area contributed by atoms with Gasteiger partial charge in [-0.15, -0.1) is 0 Å². The molecule has 38 heavy (non-hydrogen) atoms. The van der Waals surface area contributed by atoms with Gasteiger partial charge in [0, 0.05) is 12.6 Å². The summed E-state index contributed by atoms with van der Waals surface area (Å²) in [6, 6.07) is 6.80. The zero-order chi connectivity index (χ0) is 27.9. The molecule has 0 radical (unpaired) electrons. The average molecular weight is 580 g/mol. The SMILES string of the molecule is CC(=O)NC[C@H]1CN(S(=O)(=O)c2ccc(F)c(Cl)c2)c2cc(NC(=O)OCC3(C(F)(F)F)CC3)ccc2O1. The molecule has 0 bridgehead atoms. The predicted molar refractivity (Wildman–Crippen MR) is 128 cm³/mol. The summed E-state index contributed by atoms with van der Waals surface area (Å²) >= 11 is 5.79. The van der Waals surface area contributed by atoms with E-state index in [0.717, 1.165) is 22.5 Å². The molecule has 2 N–H and O–H groups in total. The van der Waals surface area contributed by atoms with E-state index in [1.165, 1.54) is 25.1 Å². The van der Waals surface area contributed by atoms with Gasteiger partial charge in [0.1, 0.15) is 29.7 Å². The van der Waals surface area contributed by atoms with Gasteiger partial charge in [-0.05, 0) is 49.2 Å². The van der Waals surface area contributed by atoms with Gasteiger partial charge in [-0.3, -0.25) is 14.4 Å². The Balaban J connectivity index is 1.60. The topological polar surface area (TPSA) is 114 Å². The third-order valence-corrected chi connectivity index (χ3v) is 8.19. The zero-order valence-electron chi connectivity index (χ0n) is 19.8. The summed E-state index contributed by atoms with van der Waals surface area (Å²) in [5.41, 5.74) is -2.04. The van der Waals surface area contributed by atoms with Crippen molar-refractivity contribution in [3.05, 3.63) is 47.2 Å². The number of halogens is 5. The van der Waals surface area contributed by atoms with E-state index in [4.69, 9.17) is 21.1 Å². The van der Waals surface area contributed by atoms with E-state index in [0.29, 0.717) is 0 Å². The van der Waals surface area contributed by atoms with Crippen molar-refractivity contribution in [1.82, 2.24) is 5.32 Å². The summed E-state index contributed by atoms with van der Waals surface area (Å²) in [7, 11) is -4.35. The fraction of sp³-hybridized carbons (Fsp3) is 0.391. The Morgan fingerprint density at radius 2 is 1.92 bits per heavy atom. The van der Waals surface area contributed by atoms with E-state index in [2.05, 4.69) is 10.6 Å². The molecule has 1 atom stereocenters. The van der Waals surface area contributed by atoms with Crippen LogP contribution < -0.4 is 19.7 Å². The number of benzene rings is 2. The summed E-state index contributed by atoms with van der Waals surface area (Å²) < 4.78 is 91.5. The molecule has 2 aromatic rings. The molecule has 1 aliphatic heterocycles. The van der Waals surface area contributed by atoms with Gasteiger partial charge in [0.2, 0.25) is 5.91 Å². The Bertz CT molecular complexity index is 1370. The summed E-state index contributed by atoms with van der Waals surface area (Å²) in [6.07, 6.45) is -6.74. The molecular formula is C23H22ClF4N3O6S. The van der Waals surface area contributed by atoms with Gasteiger partial charge in [0.05, 0.1) is 28.7 Å². The van der Waals surface area contributed by atoms with Crippen LogP contribution in [0.5, 0.6) is 5.75 Å². The first-order chi connectivity index (χ1) is 17.7. The highest BCUT2D eigenvalue weighted by molar-refractivity contribution is 7.92. The number of hydrogen-bond acceptors (Lipinski definition) is 6. The highest BCUT2D eigenvalue weighted by Crippen LogP contribution is 2.57. The van der Waals surface area contributed by atoms with Crippen molar-refractivity contribution in [2.24, 2.45) is 5.41 Å². The van der Waals surface area contributed by atoms with Crippen LogP contribution in [0.2, 0.25) is 5.02 Å². The molecular weight excluding hydrogens is 558 g/mol. The minimum atomic E-state index is -4.50. The second kappa shape index (κ2) is 10.1. The van der Waals surface area contributed by atoms with E-state index in [1.54, 1.807) is 0 Å². The molecule has 1 aliphatic carbocycles. The van der Waals surface area contributed by atoms with Crippen molar-refractivity contribution in [3.8, 4) is 5.75 Å². The lowest BCUT2D eigenvalue weighted by atomic mass is 10.1. The standard InChI is InChI=1S/C23H22ClF4N3O6S/c1-13(32)29-10-15-11-31(38(34,35)16-3-4-18(25)17(24)9-16)19-8-14(2-5-20(19)37-15)30-21(33)36-12-22(6-7-22)23(26,27)28/h2-5,8-9,15H,6-7,10-12H2,1H3,(H,29,32)(H,30,33)/t15-/m0/s1. The van der Waals surface area contributed by atoms with Crippen molar-refractivity contribution in [2.75, 3.05) is 29.3 Å². The number of rotatable bonds is 7. The highest BCUT2D eigenvalue weighted by Gasteiger charge is 2.64. The minimum absolute atomic E-state index is 0.0173. The van der Waals surface area contributed by atoms with Crippen LogP contribution in [0.4, 0.5) is 33.7 Å². The third kappa shape index (κ3) is 5.75. The van der Waals surface area contributed by atoms with Gasteiger partial charge in [0.15, 0.2) is 0 Å².